The monoisotopic (exact) mass is 332 g/mol. The van der Waals surface area contributed by atoms with Gasteiger partial charge in [0.1, 0.15) is 12.4 Å². The molecule has 0 unspecified atom stereocenters. The van der Waals surface area contributed by atoms with Crippen LogP contribution in [0.1, 0.15) is 21.7 Å². The molecule has 1 amide bonds. The number of carbonyl (C=O) groups excluding carboxylic acids is 1. The van der Waals surface area contributed by atoms with Crippen molar-refractivity contribution in [2.75, 3.05) is 33.3 Å². The van der Waals surface area contributed by atoms with Gasteiger partial charge in [0, 0.05) is 64.8 Å². The molecule has 2 aromatic heterocycles. The molecular formula is C16H24N6O2. The lowest BCUT2D eigenvalue weighted by atomic mass is 10.2. The largest absolute Gasteiger partial charge is 0.362 e. The van der Waals surface area contributed by atoms with E-state index in [1.54, 1.807) is 24.1 Å². The fourth-order valence-electron chi connectivity index (χ4n) is 3.00. The Hall–Kier alpha value is -2.19. The standard InChI is InChI=1S/C16H24N6O2/c1-13-14(10-19(2)17-13)11-20-6-8-21(9-7-20)16(23)15-4-5-22(18-15)12-24-3/h4-5,10H,6-9,11-12H2,1-3H3. The fraction of sp³-hybridized carbons (Fsp3) is 0.562. The van der Waals surface area contributed by atoms with Gasteiger partial charge in [0.15, 0.2) is 0 Å². The number of piperazine rings is 1. The summed E-state index contributed by atoms with van der Waals surface area (Å²) in [6, 6.07) is 1.74. The third-order valence-corrected chi connectivity index (χ3v) is 4.29. The molecule has 0 bridgehead atoms. The third kappa shape index (κ3) is 3.65. The Labute approximate surface area is 141 Å². The molecule has 0 N–H and O–H groups in total. The summed E-state index contributed by atoms with van der Waals surface area (Å²) in [6.45, 7) is 6.42. The van der Waals surface area contributed by atoms with Crippen molar-refractivity contribution in [1.29, 1.82) is 0 Å². The number of methoxy groups -OCH3 is 1. The smallest absolute Gasteiger partial charge is 0.274 e. The molecule has 1 fully saturated rings. The van der Waals surface area contributed by atoms with Crippen molar-refractivity contribution in [3.63, 3.8) is 0 Å². The molecule has 24 heavy (non-hydrogen) atoms. The van der Waals surface area contributed by atoms with E-state index in [-0.39, 0.29) is 5.91 Å². The summed E-state index contributed by atoms with van der Waals surface area (Å²) >= 11 is 0. The number of nitrogens with zero attached hydrogens (tertiary/aromatic N) is 6. The minimum absolute atomic E-state index is 0.0120. The quantitative estimate of drug-likeness (QED) is 0.797. The molecule has 1 aliphatic rings. The van der Waals surface area contributed by atoms with E-state index in [0.29, 0.717) is 12.4 Å². The van der Waals surface area contributed by atoms with E-state index < -0.39 is 0 Å². The first kappa shape index (κ1) is 16.7. The number of rotatable bonds is 5. The van der Waals surface area contributed by atoms with Crippen molar-refractivity contribution in [2.45, 2.75) is 20.2 Å². The number of hydrogen-bond acceptors (Lipinski definition) is 5. The zero-order valence-corrected chi connectivity index (χ0v) is 14.5. The summed E-state index contributed by atoms with van der Waals surface area (Å²) < 4.78 is 8.48. The Morgan fingerprint density at radius 2 is 2.00 bits per heavy atom. The molecule has 1 saturated heterocycles. The highest BCUT2D eigenvalue weighted by molar-refractivity contribution is 5.92. The lowest BCUT2D eigenvalue weighted by molar-refractivity contribution is 0.0618. The maximum atomic E-state index is 12.5. The molecule has 0 radical (unpaired) electrons. The molecule has 1 aliphatic heterocycles. The molecular weight excluding hydrogens is 308 g/mol. The van der Waals surface area contributed by atoms with Gasteiger partial charge in [-0.3, -0.25) is 14.4 Å². The number of amides is 1. The molecule has 0 aromatic carbocycles. The van der Waals surface area contributed by atoms with Crippen LogP contribution >= 0.6 is 0 Å². The van der Waals surface area contributed by atoms with E-state index in [1.807, 2.05) is 23.6 Å². The number of aromatic nitrogens is 4. The maximum Gasteiger partial charge on any atom is 0.274 e. The van der Waals surface area contributed by atoms with Crippen LogP contribution in [0.25, 0.3) is 0 Å². The number of aryl methyl sites for hydroxylation is 2. The van der Waals surface area contributed by atoms with Crippen molar-refractivity contribution in [3.8, 4) is 0 Å². The van der Waals surface area contributed by atoms with E-state index in [9.17, 15) is 4.79 Å². The Balaban J connectivity index is 1.54. The van der Waals surface area contributed by atoms with Gasteiger partial charge in [-0.15, -0.1) is 0 Å². The van der Waals surface area contributed by atoms with E-state index in [2.05, 4.69) is 21.3 Å². The molecule has 8 heteroatoms. The second-order valence-corrected chi connectivity index (χ2v) is 6.14. The Morgan fingerprint density at radius 1 is 1.25 bits per heavy atom. The predicted molar refractivity (Wildman–Crippen MR) is 88.4 cm³/mol. The normalized spacial score (nSPS) is 15.9. The number of carbonyl (C=O) groups is 1. The highest BCUT2D eigenvalue weighted by Gasteiger charge is 2.24. The van der Waals surface area contributed by atoms with Gasteiger partial charge in [-0.05, 0) is 13.0 Å². The van der Waals surface area contributed by atoms with Crippen LogP contribution in [0.2, 0.25) is 0 Å². The third-order valence-electron chi connectivity index (χ3n) is 4.29. The summed E-state index contributed by atoms with van der Waals surface area (Å²) in [7, 11) is 3.54. The first-order valence-corrected chi connectivity index (χ1v) is 8.10. The summed E-state index contributed by atoms with van der Waals surface area (Å²) in [6.07, 6.45) is 3.83. The van der Waals surface area contributed by atoms with E-state index in [0.717, 1.165) is 38.4 Å². The van der Waals surface area contributed by atoms with Gasteiger partial charge in [0.05, 0.1) is 5.69 Å². The summed E-state index contributed by atoms with van der Waals surface area (Å²) in [4.78, 5) is 16.7. The van der Waals surface area contributed by atoms with E-state index in [4.69, 9.17) is 4.74 Å². The number of ether oxygens (including phenoxy) is 1. The van der Waals surface area contributed by atoms with Gasteiger partial charge >= 0.3 is 0 Å². The lowest BCUT2D eigenvalue weighted by Crippen LogP contribution is -2.48. The Kier molecular flexibility index (Phi) is 4.96. The van der Waals surface area contributed by atoms with Gasteiger partial charge in [-0.25, -0.2) is 4.68 Å². The van der Waals surface area contributed by atoms with Crippen molar-refractivity contribution in [1.82, 2.24) is 29.4 Å². The fourth-order valence-corrected chi connectivity index (χ4v) is 3.00. The van der Waals surface area contributed by atoms with Crippen LogP contribution in [0.15, 0.2) is 18.5 Å². The first-order valence-electron chi connectivity index (χ1n) is 8.10. The van der Waals surface area contributed by atoms with Crippen molar-refractivity contribution in [3.05, 3.63) is 35.4 Å². The molecule has 130 valence electrons. The van der Waals surface area contributed by atoms with Crippen LogP contribution in [-0.2, 0) is 25.1 Å². The SMILES string of the molecule is COCn1ccc(C(=O)N2CCN(Cc3cn(C)nc3C)CC2)n1. The average molecular weight is 332 g/mol. The molecule has 0 spiro atoms. The lowest BCUT2D eigenvalue weighted by Gasteiger charge is -2.34. The molecule has 3 rings (SSSR count). The topological polar surface area (TPSA) is 68.4 Å². The zero-order chi connectivity index (χ0) is 17.1. The molecule has 3 heterocycles. The van der Waals surface area contributed by atoms with Gasteiger partial charge in [0.25, 0.3) is 5.91 Å². The minimum atomic E-state index is -0.0120. The molecule has 8 nitrogen and oxygen atoms in total. The molecule has 2 aromatic rings. The first-order chi connectivity index (χ1) is 11.6. The predicted octanol–water partition coefficient (Wildman–Crippen LogP) is 0.487. The van der Waals surface area contributed by atoms with Crippen molar-refractivity contribution < 1.29 is 9.53 Å². The van der Waals surface area contributed by atoms with Crippen molar-refractivity contribution in [2.24, 2.45) is 7.05 Å². The summed E-state index contributed by atoms with van der Waals surface area (Å²) in [5.41, 5.74) is 2.79. The Morgan fingerprint density at radius 3 is 2.62 bits per heavy atom. The summed E-state index contributed by atoms with van der Waals surface area (Å²) in [5, 5.41) is 8.63. The molecule has 0 aliphatic carbocycles. The Bertz CT molecular complexity index is 699. The van der Waals surface area contributed by atoms with E-state index in [1.165, 1.54) is 5.56 Å². The zero-order valence-electron chi connectivity index (χ0n) is 14.5. The van der Waals surface area contributed by atoms with Crippen LogP contribution in [-0.4, -0.2) is 68.6 Å². The van der Waals surface area contributed by atoms with Gasteiger partial charge in [-0.1, -0.05) is 0 Å². The van der Waals surface area contributed by atoms with Crippen LogP contribution in [0, 0.1) is 6.92 Å². The number of hydrogen-bond donors (Lipinski definition) is 0. The second-order valence-electron chi connectivity index (χ2n) is 6.14. The van der Waals surface area contributed by atoms with E-state index >= 15 is 0 Å². The highest BCUT2D eigenvalue weighted by atomic mass is 16.5. The van der Waals surface area contributed by atoms with Crippen LogP contribution in [0.3, 0.4) is 0 Å². The molecule has 0 saturated carbocycles. The van der Waals surface area contributed by atoms with Crippen LogP contribution < -0.4 is 0 Å². The van der Waals surface area contributed by atoms with Crippen molar-refractivity contribution >= 4 is 5.91 Å². The van der Waals surface area contributed by atoms with Crippen LogP contribution in [0.4, 0.5) is 0 Å². The average Bonchev–Trinajstić information content (AvgIpc) is 3.15. The minimum Gasteiger partial charge on any atom is -0.362 e. The maximum absolute atomic E-state index is 12.5. The molecule has 0 atom stereocenters. The van der Waals surface area contributed by atoms with Crippen LogP contribution in [0.5, 0.6) is 0 Å². The van der Waals surface area contributed by atoms with Gasteiger partial charge in [-0.2, -0.15) is 10.2 Å². The summed E-state index contributed by atoms with van der Waals surface area (Å²) in [5.74, 6) is -0.0120. The highest BCUT2D eigenvalue weighted by Crippen LogP contribution is 2.13. The van der Waals surface area contributed by atoms with Gasteiger partial charge < -0.3 is 9.64 Å². The second kappa shape index (κ2) is 7.14. The van der Waals surface area contributed by atoms with Gasteiger partial charge in [0.2, 0.25) is 0 Å².